The second kappa shape index (κ2) is 8.73. The van der Waals surface area contributed by atoms with E-state index in [0.717, 1.165) is 29.5 Å². The first-order chi connectivity index (χ1) is 14.1. The van der Waals surface area contributed by atoms with Gasteiger partial charge in [0.05, 0.1) is 30.0 Å². The highest BCUT2D eigenvalue weighted by molar-refractivity contribution is 7.89. The zero-order valence-corrected chi connectivity index (χ0v) is 16.7. The summed E-state index contributed by atoms with van der Waals surface area (Å²) in [5.41, 5.74) is 0.975. The normalized spacial score (nSPS) is 14.8. The number of hydrogen-bond acceptors (Lipinski definition) is 7. The molecule has 0 radical (unpaired) electrons. The molecule has 0 bridgehead atoms. The minimum absolute atomic E-state index is 0.235. The van der Waals surface area contributed by atoms with Crippen molar-refractivity contribution in [3.63, 3.8) is 0 Å². The van der Waals surface area contributed by atoms with E-state index in [9.17, 15) is 8.42 Å². The molecule has 2 aromatic carbocycles. The summed E-state index contributed by atoms with van der Waals surface area (Å²) in [7, 11) is -3.58. The minimum atomic E-state index is -3.58. The lowest BCUT2D eigenvalue weighted by molar-refractivity contribution is 0.122. The molecule has 0 aliphatic carbocycles. The highest BCUT2D eigenvalue weighted by atomic mass is 32.2. The minimum Gasteiger partial charge on any atom is -0.378 e. The molecule has 152 valence electrons. The van der Waals surface area contributed by atoms with Gasteiger partial charge in [0, 0.05) is 32.2 Å². The van der Waals surface area contributed by atoms with Crippen LogP contribution in [0.3, 0.4) is 0 Å². The third-order valence-electron chi connectivity index (χ3n) is 4.77. The second-order valence-electron chi connectivity index (χ2n) is 6.73. The standard InChI is InChI=1S/C20H23N5O3S/c26-29(27,19-6-5-16-3-1-2-4-17(16)13-19)23-8-7-21-20-14-18(15-22-24-20)25-9-11-28-12-10-25/h1-6,13-15,23H,7-12H2,(H,21,24). The average molecular weight is 414 g/mol. The van der Waals surface area contributed by atoms with Crippen LogP contribution in [0.2, 0.25) is 0 Å². The molecule has 1 fully saturated rings. The molecule has 29 heavy (non-hydrogen) atoms. The van der Waals surface area contributed by atoms with Gasteiger partial charge in [0.25, 0.3) is 0 Å². The number of sulfonamides is 1. The first-order valence-corrected chi connectivity index (χ1v) is 11.0. The van der Waals surface area contributed by atoms with Crippen LogP contribution in [0.15, 0.2) is 59.6 Å². The number of nitrogens with zero attached hydrogens (tertiary/aromatic N) is 3. The van der Waals surface area contributed by atoms with E-state index in [1.54, 1.807) is 18.3 Å². The lowest BCUT2D eigenvalue weighted by Gasteiger charge is -2.28. The predicted molar refractivity (Wildman–Crippen MR) is 113 cm³/mol. The third kappa shape index (κ3) is 4.81. The Morgan fingerprint density at radius 2 is 1.79 bits per heavy atom. The number of anilines is 2. The zero-order chi connectivity index (χ0) is 20.1. The van der Waals surface area contributed by atoms with Crippen LogP contribution in [0, 0.1) is 0 Å². The molecule has 3 aromatic rings. The van der Waals surface area contributed by atoms with Crippen LogP contribution in [-0.4, -0.2) is 58.0 Å². The number of rotatable bonds is 7. The van der Waals surface area contributed by atoms with Crippen molar-refractivity contribution in [1.29, 1.82) is 0 Å². The van der Waals surface area contributed by atoms with E-state index in [1.807, 2.05) is 36.4 Å². The van der Waals surface area contributed by atoms with Crippen molar-refractivity contribution < 1.29 is 13.2 Å². The van der Waals surface area contributed by atoms with Crippen molar-refractivity contribution in [2.45, 2.75) is 4.90 Å². The number of aromatic nitrogens is 2. The van der Waals surface area contributed by atoms with E-state index in [-0.39, 0.29) is 11.4 Å². The Balaban J connectivity index is 1.33. The molecule has 4 rings (SSSR count). The molecular formula is C20H23N5O3S. The van der Waals surface area contributed by atoms with E-state index >= 15 is 0 Å². The van der Waals surface area contributed by atoms with Gasteiger partial charge in [-0.15, -0.1) is 5.10 Å². The van der Waals surface area contributed by atoms with Gasteiger partial charge in [-0.1, -0.05) is 30.3 Å². The highest BCUT2D eigenvalue weighted by Gasteiger charge is 2.14. The first-order valence-electron chi connectivity index (χ1n) is 9.50. The predicted octanol–water partition coefficient (Wildman–Crippen LogP) is 1.86. The van der Waals surface area contributed by atoms with Gasteiger partial charge in [-0.25, -0.2) is 13.1 Å². The fourth-order valence-electron chi connectivity index (χ4n) is 3.23. The van der Waals surface area contributed by atoms with Crippen molar-refractivity contribution >= 4 is 32.3 Å². The van der Waals surface area contributed by atoms with Gasteiger partial charge in [0.1, 0.15) is 0 Å². The summed E-state index contributed by atoms with van der Waals surface area (Å²) in [5.74, 6) is 0.610. The molecule has 9 heteroatoms. The SMILES string of the molecule is O=S(=O)(NCCNc1cc(N2CCOCC2)cnn1)c1ccc2ccccc2c1. The van der Waals surface area contributed by atoms with Gasteiger partial charge in [-0.2, -0.15) is 5.10 Å². The Kier molecular flexibility index (Phi) is 5.89. The molecular weight excluding hydrogens is 390 g/mol. The van der Waals surface area contributed by atoms with Crippen LogP contribution in [0.5, 0.6) is 0 Å². The van der Waals surface area contributed by atoms with Crippen molar-refractivity contribution in [2.75, 3.05) is 49.6 Å². The molecule has 0 saturated carbocycles. The largest absolute Gasteiger partial charge is 0.378 e. The van der Waals surface area contributed by atoms with Gasteiger partial charge >= 0.3 is 0 Å². The van der Waals surface area contributed by atoms with E-state index in [2.05, 4.69) is 25.1 Å². The van der Waals surface area contributed by atoms with Crippen molar-refractivity contribution in [1.82, 2.24) is 14.9 Å². The highest BCUT2D eigenvalue weighted by Crippen LogP contribution is 2.19. The van der Waals surface area contributed by atoms with E-state index in [1.165, 1.54) is 0 Å². The maximum atomic E-state index is 12.6. The van der Waals surface area contributed by atoms with Crippen LogP contribution >= 0.6 is 0 Å². The molecule has 0 amide bonds. The van der Waals surface area contributed by atoms with Crippen molar-refractivity contribution in [3.05, 3.63) is 54.7 Å². The summed E-state index contributed by atoms with van der Waals surface area (Å²) in [4.78, 5) is 2.44. The van der Waals surface area contributed by atoms with Crippen LogP contribution in [0.25, 0.3) is 10.8 Å². The fraction of sp³-hybridized carbons (Fsp3) is 0.300. The zero-order valence-electron chi connectivity index (χ0n) is 15.9. The first kappa shape index (κ1) is 19.6. The summed E-state index contributed by atoms with van der Waals surface area (Å²) in [6, 6.07) is 14.7. The molecule has 1 saturated heterocycles. The van der Waals surface area contributed by atoms with Crippen molar-refractivity contribution in [2.24, 2.45) is 0 Å². The summed E-state index contributed by atoms with van der Waals surface area (Å²) >= 11 is 0. The number of hydrogen-bond donors (Lipinski definition) is 2. The molecule has 1 aliphatic heterocycles. The molecule has 0 spiro atoms. The Morgan fingerprint density at radius 1 is 1.00 bits per heavy atom. The number of morpholine rings is 1. The second-order valence-corrected chi connectivity index (χ2v) is 8.50. The molecule has 2 N–H and O–H groups in total. The molecule has 1 aliphatic rings. The summed E-state index contributed by atoms with van der Waals surface area (Å²) < 4.78 is 33.1. The smallest absolute Gasteiger partial charge is 0.240 e. The molecule has 1 aromatic heterocycles. The third-order valence-corrected chi connectivity index (χ3v) is 6.23. The van der Waals surface area contributed by atoms with Gasteiger partial charge in [0.2, 0.25) is 10.0 Å². The lowest BCUT2D eigenvalue weighted by Crippen LogP contribution is -2.36. The van der Waals surface area contributed by atoms with E-state index < -0.39 is 10.0 Å². The molecule has 2 heterocycles. The Morgan fingerprint density at radius 3 is 2.62 bits per heavy atom. The van der Waals surface area contributed by atoms with Crippen LogP contribution in [-0.2, 0) is 14.8 Å². The lowest BCUT2D eigenvalue weighted by atomic mass is 10.1. The van der Waals surface area contributed by atoms with E-state index in [4.69, 9.17) is 4.74 Å². The molecule has 8 nitrogen and oxygen atoms in total. The fourth-order valence-corrected chi connectivity index (χ4v) is 4.30. The van der Waals surface area contributed by atoms with Gasteiger partial charge in [0.15, 0.2) is 5.82 Å². The Bertz CT molecular complexity index is 1080. The van der Waals surface area contributed by atoms with Gasteiger partial charge < -0.3 is 15.0 Å². The summed E-state index contributed by atoms with van der Waals surface area (Å²) in [6.45, 7) is 3.66. The summed E-state index contributed by atoms with van der Waals surface area (Å²) in [6.07, 6.45) is 1.72. The maximum Gasteiger partial charge on any atom is 0.240 e. The molecule has 0 atom stereocenters. The number of benzene rings is 2. The van der Waals surface area contributed by atoms with Crippen LogP contribution < -0.4 is 14.9 Å². The summed E-state index contributed by atoms with van der Waals surface area (Å²) in [5, 5.41) is 13.1. The number of ether oxygens (including phenoxy) is 1. The molecule has 0 unspecified atom stereocenters. The van der Waals surface area contributed by atoms with Crippen LogP contribution in [0.4, 0.5) is 11.5 Å². The monoisotopic (exact) mass is 413 g/mol. The topological polar surface area (TPSA) is 96.5 Å². The maximum absolute atomic E-state index is 12.6. The Hall–Kier alpha value is -2.75. The Labute approximate surface area is 169 Å². The van der Waals surface area contributed by atoms with Crippen molar-refractivity contribution in [3.8, 4) is 0 Å². The van der Waals surface area contributed by atoms with E-state index in [0.29, 0.717) is 25.6 Å². The van der Waals surface area contributed by atoms with Gasteiger partial charge in [-0.05, 0) is 22.9 Å². The quantitative estimate of drug-likeness (QED) is 0.571. The van der Waals surface area contributed by atoms with Gasteiger partial charge in [-0.3, -0.25) is 0 Å². The van der Waals surface area contributed by atoms with Crippen LogP contribution in [0.1, 0.15) is 0 Å². The average Bonchev–Trinajstić information content (AvgIpc) is 2.77. The number of fused-ring (bicyclic) bond motifs is 1. The number of nitrogens with one attached hydrogen (secondary N) is 2.